The highest BCUT2D eigenvalue weighted by atomic mass is 16.5. The molecule has 0 saturated carbocycles. The Balaban J connectivity index is 2.06. The number of nitrogens with zero attached hydrogens (tertiary/aromatic N) is 2. The largest absolute Gasteiger partial charge is 0.493 e. The molecule has 1 aromatic carbocycles. The number of unbranched alkanes of at least 4 members (excludes halogenated alkanes) is 1. The quantitative estimate of drug-likeness (QED) is 0.673. The van der Waals surface area contributed by atoms with Gasteiger partial charge in [0.25, 0.3) is 0 Å². The second-order valence-corrected chi connectivity index (χ2v) is 6.71. The van der Waals surface area contributed by atoms with Crippen LogP contribution < -0.4 is 19.9 Å². The number of rotatable bonds is 8. The van der Waals surface area contributed by atoms with Crippen molar-refractivity contribution >= 4 is 0 Å². The molecule has 0 amide bonds. The summed E-state index contributed by atoms with van der Waals surface area (Å²) in [7, 11) is 1.61. The predicted octanol–water partition coefficient (Wildman–Crippen LogP) is 3.77. The topological polar surface area (TPSA) is 106 Å². The number of nitrogens with one attached hydrogen (secondary N) is 1. The molecular formula is C21H26N4O3. The minimum absolute atomic E-state index is 0.0804. The first-order valence-electron chi connectivity index (χ1n) is 9.59. The molecule has 1 aliphatic rings. The summed E-state index contributed by atoms with van der Waals surface area (Å²) < 4.78 is 17.0. The van der Waals surface area contributed by atoms with Gasteiger partial charge in [-0.05, 0) is 30.5 Å². The van der Waals surface area contributed by atoms with Crippen LogP contribution in [0, 0.1) is 11.3 Å². The molecule has 1 aliphatic heterocycles. The lowest BCUT2D eigenvalue weighted by Crippen LogP contribution is -2.21. The van der Waals surface area contributed by atoms with Crippen molar-refractivity contribution < 1.29 is 14.2 Å². The molecule has 3 rings (SSSR count). The Bertz CT molecular complexity index is 911. The molecule has 0 saturated heterocycles. The second kappa shape index (κ2) is 8.70. The minimum Gasteiger partial charge on any atom is -0.493 e. The minimum atomic E-state index is -0.368. The Morgan fingerprint density at radius 1 is 1.29 bits per heavy atom. The molecule has 1 unspecified atom stereocenters. The van der Waals surface area contributed by atoms with Crippen molar-refractivity contribution in [1.29, 1.82) is 5.26 Å². The van der Waals surface area contributed by atoms with Gasteiger partial charge in [0, 0.05) is 11.3 Å². The highest BCUT2D eigenvalue weighted by molar-refractivity contribution is 5.57. The van der Waals surface area contributed by atoms with Gasteiger partial charge in [-0.15, -0.1) is 5.10 Å². The number of allylic oxidation sites excluding steroid dienone is 1. The van der Waals surface area contributed by atoms with E-state index < -0.39 is 0 Å². The first-order chi connectivity index (χ1) is 13.6. The van der Waals surface area contributed by atoms with E-state index >= 15 is 0 Å². The maximum atomic E-state index is 9.75. The first kappa shape index (κ1) is 19.6. The lowest BCUT2D eigenvalue weighted by Gasteiger charge is -2.24. The zero-order chi connectivity index (χ0) is 20.1. The maximum absolute atomic E-state index is 9.75. The first-order valence-corrected chi connectivity index (χ1v) is 9.59. The lowest BCUT2D eigenvalue weighted by atomic mass is 9.83. The number of hydrogen-bond donors (Lipinski definition) is 2. The lowest BCUT2D eigenvalue weighted by molar-refractivity contribution is 0.288. The number of ether oxygens (including phenoxy) is 3. The SMILES string of the molecule is CCCCOc1ccc(C2C(C#N)=C(N)Oc3n[nH]c(CCC)c32)cc1OC. The molecule has 2 aromatic rings. The highest BCUT2D eigenvalue weighted by Crippen LogP contribution is 2.44. The number of fused-ring (bicyclic) bond motifs is 1. The molecule has 28 heavy (non-hydrogen) atoms. The summed E-state index contributed by atoms with van der Waals surface area (Å²) in [6.45, 7) is 4.84. The summed E-state index contributed by atoms with van der Waals surface area (Å²) >= 11 is 0. The second-order valence-electron chi connectivity index (χ2n) is 6.71. The third-order valence-corrected chi connectivity index (χ3v) is 4.79. The molecule has 7 nitrogen and oxygen atoms in total. The van der Waals surface area contributed by atoms with Crippen LogP contribution in [-0.2, 0) is 6.42 Å². The third kappa shape index (κ3) is 3.63. The van der Waals surface area contributed by atoms with Gasteiger partial charge in [0.1, 0.15) is 11.6 Å². The van der Waals surface area contributed by atoms with Crippen LogP contribution in [0.25, 0.3) is 0 Å². The van der Waals surface area contributed by atoms with Gasteiger partial charge in [0.2, 0.25) is 11.8 Å². The standard InChI is InChI=1S/C21H26N4O3/c1-4-6-10-27-16-9-8-13(11-17(16)26-3)18-14(12-22)20(23)28-21-19(18)15(7-5-2)24-25-21/h8-9,11,18H,4-7,10,23H2,1-3H3,(H,24,25). The summed E-state index contributed by atoms with van der Waals surface area (Å²) in [4.78, 5) is 0. The van der Waals surface area contributed by atoms with E-state index in [1.165, 1.54) is 0 Å². The van der Waals surface area contributed by atoms with Gasteiger partial charge >= 0.3 is 0 Å². The summed E-state index contributed by atoms with van der Waals surface area (Å²) in [5.74, 6) is 1.44. The Kier molecular flexibility index (Phi) is 6.09. The zero-order valence-electron chi connectivity index (χ0n) is 16.5. The van der Waals surface area contributed by atoms with Gasteiger partial charge in [0.05, 0.1) is 19.6 Å². The molecule has 3 N–H and O–H groups in total. The van der Waals surface area contributed by atoms with Crippen LogP contribution in [0.5, 0.6) is 17.4 Å². The van der Waals surface area contributed by atoms with Crippen LogP contribution >= 0.6 is 0 Å². The summed E-state index contributed by atoms with van der Waals surface area (Å²) in [6.07, 6.45) is 3.77. The highest BCUT2D eigenvalue weighted by Gasteiger charge is 2.35. The van der Waals surface area contributed by atoms with E-state index in [2.05, 4.69) is 30.1 Å². The van der Waals surface area contributed by atoms with Gasteiger partial charge in [-0.1, -0.05) is 32.8 Å². The molecule has 0 aliphatic carbocycles. The van der Waals surface area contributed by atoms with Gasteiger partial charge in [-0.25, -0.2) is 0 Å². The Labute approximate surface area is 165 Å². The summed E-state index contributed by atoms with van der Waals surface area (Å²) in [6, 6.07) is 7.93. The van der Waals surface area contributed by atoms with Crippen molar-refractivity contribution in [1.82, 2.24) is 10.2 Å². The van der Waals surface area contributed by atoms with Crippen molar-refractivity contribution in [2.45, 2.75) is 45.4 Å². The number of nitriles is 1. The van der Waals surface area contributed by atoms with E-state index in [0.717, 1.165) is 42.5 Å². The van der Waals surface area contributed by atoms with Crippen molar-refractivity contribution in [2.24, 2.45) is 5.73 Å². The van der Waals surface area contributed by atoms with E-state index in [1.54, 1.807) is 7.11 Å². The number of aromatic amines is 1. The molecule has 0 spiro atoms. The fourth-order valence-corrected chi connectivity index (χ4v) is 3.39. The van der Waals surface area contributed by atoms with Crippen molar-refractivity contribution in [3.05, 3.63) is 46.5 Å². The van der Waals surface area contributed by atoms with Crippen LogP contribution in [0.4, 0.5) is 0 Å². The number of hydrogen-bond acceptors (Lipinski definition) is 6. The molecule has 148 valence electrons. The summed E-state index contributed by atoms with van der Waals surface area (Å²) in [5, 5.41) is 17.0. The zero-order valence-corrected chi connectivity index (χ0v) is 16.5. The predicted molar refractivity (Wildman–Crippen MR) is 105 cm³/mol. The molecule has 2 heterocycles. The van der Waals surface area contributed by atoms with Crippen LogP contribution in [0.15, 0.2) is 29.7 Å². The average molecular weight is 382 g/mol. The monoisotopic (exact) mass is 382 g/mol. The smallest absolute Gasteiger partial charge is 0.244 e. The van der Waals surface area contributed by atoms with Crippen molar-refractivity contribution in [2.75, 3.05) is 13.7 Å². The number of methoxy groups -OCH3 is 1. The molecule has 1 aromatic heterocycles. The molecule has 0 radical (unpaired) electrons. The van der Waals surface area contributed by atoms with Crippen LogP contribution in [0.3, 0.4) is 0 Å². The average Bonchev–Trinajstić information content (AvgIpc) is 3.09. The van der Waals surface area contributed by atoms with E-state index in [0.29, 0.717) is 29.6 Å². The maximum Gasteiger partial charge on any atom is 0.244 e. The Morgan fingerprint density at radius 2 is 2.11 bits per heavy atom. The van der Waals surface area contributed by atoms with Gasteiger partial charge in [-0.3, -0.25) is 5.10 Å². The van der Waals surface area contributed by atoms with E-state index in [4.69, 9.17) is 19.9 Å². The van der Waals surface area contributed by atoms with Crippen LogP contribution in [0.1, 0.15) is 55.8 Å². The van der Waals surface area contributed by atoms with E-state index in [1.807, 2.05) is 18.2 Å². The van der Waals surface area contributed by atoms with Crippen LogP contribution in [0.2, 0.25) is 0 Å². The number of benzene rings is 1. The number of aromatic nitrogens is 2. The number of nitrogens with two attached hydrogens (primary N) is 1. The summed E-state index contributed by atoms with van der Waals surface area (Å²) in [5.41, 5.74) is 9.07. The molecule has 0 fully saturated rings. The molecule has 0 bridgehead atoms. The van der Waals surface area contributed by atoms with Crippen molar-refractivity contribution in [3.8, 4) is 23.4 Å². The number of H-pyrrole nitrogens is 1. The molecule has 1 atom stereocenters. The van der Waals surface area contributed by atoms with Gasteiger partial charge in [0.15, 0.2) is 11.5 Å². The van der Waals surface area contributed by atoms with Crippen molar-refractivity contribution in [3.63, 3.8) is 0 Å². The fourth-order valence-electron chi connectivity index (χ4n) is 3.39. The van der Waals surface area contributed by atoms with E-state index in [9.17, 15) is 5.26 Å². The molecule has 7 heteroatoms. The Morgan fingerprint density at radius 3 is 2.79 bits per heavy atom. The van der Waals surface area contributed by atoms with Gasteiger partial charge in [-0.2, -0.15) is 5.26 Å². The number of aryl methyl sites for hydroxylation is 1. The molecular weight excluding hydrogens is 356 g/mol. The third-order valence-electron chi connectivity index (χ3n) is 4.79. The van der Waals surface area contributed by atoms with Crippen LogP contribution in [-0.4, -0.2) is 23.9 Å². The Hall–Kier alpha value is -3.14. The van der Waals surface area contributed by atoms with E-state index in [-0.39, 0.29) is 11.8 Å². The van der Waals surface area contributed by atoms with Gasteiger partial charge < -0.3 is 19.9 Å². The fraction of sp³-hybridized carbons (Fsp3) is 0.429. The normalized spacial score (nSPS) is 15.6.